The first-order chi connectivity index (χ1) is 7.24. The summed E-state index contributed by atoms with van der Waals surface area (Å²) < 4.78 is 0. The van der Waals surface area contributed by atoms with Gasteiger partial charge in [-0.1, -0.05) is 0 Å². The van der Waals surface area contributed by atoms with Crippen molar-refractivity contribution < 1.29 is 0 Å². The van der Waals surface area contributed by atoms with Gasteiger partial charge in [0.15, 0.2) is 5.96 Å². The van der Waals surface area contributed by atoms with Crippen molar-refractivity contribution >= 4 is 5.96 Å². The van der Waals surface area contributed by atoms with Gasteiger partial charge in [0.2, 0.25) is 0 Å². The summed E-state index contributed by atoms with van der Waals surface area (Å²) in [6.07, 6.45) is 1.77. The summed E-state index contributed by atoms with van der Waals surface area (Å²) in [6, 6.07) is 2.33. The molecule has 2 heterocycles. The molecule has 0 radical (unpaired) electrons. The number of nitrogens with zero attached hydrogens (tertiary/aromatic N) is 3. The molecule has 0 fully saturated rings. The van der Waals surface area contributed by atoms with Crippen molar-refractivity contribution in [3.63, 3.8) is 0 Å². The highest BCUT2D eigenvalue weighted by Crippen LogP contribution is 1.96. The smallest absolute Gasteiger partial charge is 0.191 e. The maximum atomic E-state index is 4.31. The van der Waals surface area contributed by atoms with Gasteiger partial charge < -0.3 is 10.6 Å². The minimum Gasteiger partial charge on any atom is -0.352 e. The van der Waals surface area contributed by atoms with E-state index in [-0.39, 0.29) is 0 Å². The summed E-state index contributed by atoms with van der Waals surface area (Å²) in [5.74, 6) is 1.66. The Bertz CT molecular complexity index is 374. The molecule has 1 aliphatic rings. The van der Waals surface area contributed by atoms with Crippen LogP contribution in [0.25, 0.3) is 0 Å². The first-order valence-electron chi connectivity index (χ1n) is 5.07. The molecule has 0 bridgehead atoms. The topological polar surface area (TPSA) is 62.2 Å². The van der Waals surface area contributed by atoms with Crippen molar-refractivity contribution in [3.8, 4) is 0 Å². The third-order valence-electron chi connectivity index (χ3n) is 2.18. The van der Waals surface area contributed by atoms with Crippen LogP contribution in [0, 0.1) is 6.92 Å². The highest BCUT2D eigenvalue weighted by molar-refractivity contribution is 5.81. The fraction of sp³-hybridized carbons (Fsp3) is 0.500. The fourth-order valence-electron chi connectivity index (χ4n) is 1.44. The summed E-state index contributed by atoms with van der Waals surface area (Å²) in [5, 5.41) is 6.44. The molecule has 0 saturated heterocycles. The van der Waals surface area contributed by atoms with E-state index < -0.39 is 0 Å². The minimum absolute atomic E-state index is 0.430. The third-order valence-corrected chi connectivity index (χ3v) is 2.18. The van der Waals surface area contributed by atoms with Crippen molar-refractivity contribution in [1.82, 2.24) is 20.6 Å². The molecular formula is C10H15N5. The van der Waals surface area contributed by atoms with Crippen molar-refractivity contribution in [3.05, 3.63) is 23.8 Å². The van der Waals surface area contributed by atoms with Gasteiger partial charge in [-0.25, -0.2) is 9.97 Å². The zero-order valence-corrected chi connectivity index (χ0v) is 8.99. The van der Waals surface area contributed by atoms with Crippen LogP contribution in [0.3, 0.4) is 0 Å². The van der Waals surface area contributed by atoms with Gasteiger partial charge in [0.1, 0.15) is 5.82 Å². The molecular weight excluding hydrogens is 190 g/mol. The number of nitrogens with one attached hydrogen (secondary N) is 2. The summed E-state index contributed by atoms with van der Waals surface area (Å²) in [5.41, 5.74) is 0.978. The highest BCUT2D eigenvalue weighted by atomic mass is 15.2. The van der Waals surface area contributed by atoms with Crippen LogP contribution in [0.15, 0.2) is 17.3 Å². The van der Waals surface area contributed by atoms with Crippen LogP contribution in [-0.2, 0) is 6.54 Å². The molecule has 1 aliphatic heterocycles. The van der Waals surface area contributed by atoms with Crippen molar-refractivity contribution in [2.75, 3.05) is 6.54 Å². The first-order valence-corrected chi connectivity index (χ1v) is 5.07. The van der Waals surface area contributed by atoms with Crippen molar-refractivity contribution in [2.45, 2.75) is 26.4 Å². The first kappa shape index (κ1) is 9.89. The fourth-order valence-corrected chi connectivity index (χ4v) is 1.44. The van der Waals surface area contributed by atoms with Gasteiger partial charge in [-0.3, -0.25) is 4.99 Å². The van der Waals surface area contributed by atoms with E-state index in [0.717, 1.165) is 24.0 Å². The van der Waals surface area contributed by atoms with Crippen LogP contribution in [0.1, 0.15) is 18.4 Å². The van der Waals surface area contributed by atoms with E-state index in [1.165, 1.54) is 0 Å². The minimum atomic E-state index is 0.430. The summed E-state index contributed by atoms with van der Waals surface area (Å²) in [4.78, 5) is 12.6. The lowest BCUT2D eigenvalue weighted by molar-refractivity contribution is 0.711. The molecule has 80 valence electrons. The average molecular weight is 205 g/mol. The number of hydrogen-bond donors (Lipinski definition) is 2. The molecule has 1 unspecified atom stereocenters. The summed E-state index contributed by atoms with van der Waals surface area (Å²) in [6.45, 7) is 5.51. The highest BCUT2D eigenvalue weighted by Gasteiger charge is 2.11. The molecule has 0 amide bonds. The summed E-state index contributed by atoms with van der Waals surface area (Å²) >= 11 is 0. The van der Waals surface area contributed by atoms with Crippen LogP contribution < -0.4 is 10.6 Å². The average Bonchev–Trinajstić information content (AvgIpc) is 2.62. The second-order valence-corrected chi connectivity index (χ2v) is 3.68. The van der Waals surface area contributed by atoms with E-state index in [2.05, 4.69) is 32.5 Å². The van der Waals surface area contributed by atoms with Crippen LogP contribution in [0.2, 0.25) is 0 Å². The SMILES string of the molecule is Cc1nccc(CNC2=NCC(C)N2)n1. The van der Waals surface area contributed by atoms with Gasteiger partial charge in [-0.15, -0.1) is 0 Å². The molecule has 15 heavy (non-hydrogen) atoms. The predicted octanol–water partition coefficient (Wildman–Crippen LogP) is 0.222. The van der Waals surface area contributed by atoms with Crippen LogP contribution in [0.4, 0.5) is 0 Å². The number of hydrogen-bond acceptors (Lipinski definition) is 5. The van der Waals surface area contributed by atoms with Gasteiger partial charge in [0.05, 0.1) is 18.8 Å². The maximum Gasteiger partial charge on any atom is 0.191 e. The Morgan fingerprint density at radius 3 is 3.13 bits per heavy atom. The largest absolute Gasteiger partial charge is 0.352 e. The molecule has 2 rings (SSSR count). The molecule has 0 aromatic carbocycles. The molecule has 1 atom stereocenters. The Balaban J connectivity index is 1.88. The van der Waals surface area contributed by atoms with E-state index >= 15 is 0 Å². The van der Waals surface area contributed by atoms with Gasteiger partial charge in [-0.2, -0.15) is 0 Å². The lowest BCUT2D eigenvalue weighted by atomic mass is 10.4. The molecule has 0 aliphatic carbocycles. The second-order valence-electron chi connectivity index (χ2n) is 3.68. The zero-order chi connectivity index (χ0) is 10.7. The Labute approximate surface area is 89.0 Å². The van der Waals surface area contributed by atoms with Gasteiger partial charge in [0.25, 0.3) is 0 Å². The van der Waals surface area contributed by atoms with Crippen LogP contribution >= 0.6 is 0 Å². The van der Waals surface area contributed by atoms with Gasteiger partial charge in [0, 0.05) is 12.2 Å². The molecule has 0 spiro atoms. The Morgan fingerprint density at radius 1 is 1.60 bits per heavy atom. The second kappa shape index (κ2) is 4.25. The molecule has 1 aromatic heterocycles. The van der Waals surface area contributed by atoms with E-state index in [1.54, 1.807) is 6.20 Å². The van der Waals surface area contributed by atoms with Crippen molar-refractivity contribution in [1.29, 1.82) is 0 Å². The van der Waals surface area contributed by atoms with Gasteiger partial charge >= 0.3 is 0 Å². The van der Waals surface area contributed by atoms with E-state index in [4.69, 9.17) is 0 Å². The zero-order valence-electron chi connectivity index (χ0n) is 8.99. The third kappa shape index (κ3) is 2.65. The maximum absolute atomic E-state index is 4.31. The standard InChI is InChI=1S/C10H15N5/c1-7-5-12-10(14-7)13-6-9-3-4-11-8(2)15-9/h3-4,7H,5-6H2,1-2H3,(H2,12,13,14). The molecule has 2 N–H and O–H groups in total. The van der Waals surface area contributed by atoms with Gasteiger partial charge in [-0.05, 0) is 19.9 Å². The lowest BCUT2D eigenvalue weighted by Gasteiger charge is -2.08. The number of aromatic nitrogens is 2. The van der Waals surface area contributed by atoms with E-state index in [0.29, 0.717) is 12.6 Å². The lowest BCUT2D eigenvalue weighted by Crippen LogP contribution is -2.37. The van der Waals surface area contributed by atoms with E-state index in [1.807, 2.05) is 13.0 Å². The Morgan fingerprint density at radius 2 is 2.47 bits per heavy atom. The number of guanidine groups is 1. The van der Waals surface area contributed by atoms with Crippen LogP contribution in [-0.4, -0.2) is 28.5 Å². The quantitative estimate of drug-likeness (QED) is 0.725. The molecule has 0 saturated carbocycles. The number of aliphatic imine (C=N–C) groups is 1. The summed E-state index contributed by atoms with van der Waals surface area (Å²) in [7, 11) is 0. The monoisotopic (exact) mass is 205 g/mol. The molecule has 1 aromatic rings. The van der Waals surface area contributed by atoms with E-state index in [9.17, 15) is 0 Å². The Hall–Kier alpha value is -1.65. The normalized spacial score (nSPS) is 19.6. The Kier molecular flexibility index (Phi) is 2.80. The number of rotatable bonds is 2. The van der Waals surface area contributed by atoms with Crippen LogP contribution in [0.5, 0.6) is 0 Å². The predicted molar refractivity (Wildman–Crippen MR) is 58.5 cm³/mol. The molecule has 5 nitrogen and oxygen atoms in total. The molecule has 5 heteroatoms. The van der Waals surface area contributed by atoms with Crippen molar-refractivity contribution in [2.24, 2.45) is 4.99 Å². The number of aryl methyl sites for hydroxylation is 1.